The summed E-state index contributed by atoms with van der Waals surface area (Å²) in [6, 6.07) is 16.3. The SMILES string of the molecule is BrB(Br)[c-]1[cH-][cH-][cH-][cH-]1.BrB(Br)[c-]1cccc1.[Fe]. The van der Waals surface area contributed by atoms with Crippen molar-refractivity contribution in [3.63, 3.8) is 0 Å². The Morgan fingerprint density at radius 3 is 1.53 bits per heavy atom. The largest absolute Gasteiger partial charge is 0.749 e. The molecule has 0 aliphatic heterocycles. The molecule has 96 valence electrons. The summed E-state index contributed by atoms with van der Waals surface area (Å²) in [6.45, 7) is 0. The number of hydrogen-bond donors (Lipinski definition) is 0. The van der Waals surface area contributed by atoms with Gasteiger partial charge in [-0.1, -0.05) is 0 Å². The minimum atomic E-state index is 0. The normalized spacial score (nSPS) is 8.71. The Balaban J connectivity index is 0.000000284. The summed E-state index contributed by atoms with van der Waals surface area (Å²) in [4.78, 5) is 0. The van der Waals surface area contributed by atoms with Gasteiger partial charge in [-0.05, 0) is 0 Å². The zero-order chi connectivity index (χ0) is 12.0. The van der Waals surface area contributed by atoms with E-state index in [-0.39, 0.29) is 17.1 Å². The van der Waals surface area contributed by atoms with E-state index in [9.17, 15) is 0 Å². The molecule has 0 atom stereocenters. The first-order valence-electron chi connectivity index (χ1n) is 4.60. The molecule has 7 heteroatoms. The Kier molecular flexibility index (Phi) is 10.9. The molecule has 17 heavy (non-hydrogen) atoms. The molecule has 0 N–H and O–H groups in total. The molecule has 0 heterocycles. The average molecular weight is 525 g/mol. The van der Waals surface area contributed by atoms with Crippen LogP contribution >= 0.6 is 63.0 Å². The summed E-state index contributed by atoms with van der Waals surface area (Å²) in [7, 11) is 0. The van der Waals surface area contributed by atoms with Crippen LogP contribution in [0.4, 0.5) is 0 Å². The second kappa shape index (κ2) is 10.1. The molecule has 0 unspecified atom stereocenters. The Bertz CT molecular complexity index is 335. The molecule has 0 radical (unpaired) electrons. The molecule has 0 saturated heterocycles. The van der Waals surface area contributed by atoms with Crippen molar-refractivity contribution < 1.29 is 17.1 Å². The molecule has 0 amide bonds. The Morgan fingerprint density at radius 1 is 0.824 bits per heavy atom. The zero-order valence-corrected chi connectivity index (χ0v) is 16.1. The van der Waals surface area contributed by atoms with Crippen molar-refractivity contribution in [2.45, 2.75) is 0 Å². The van der Waals surface area contributed by atoms with E-state index in [4.69, 9.17) is 0 Å². The third kappa shape index (κ3) is 7.44. The molecular weight excluding hydrogens is 517 g/mol. The number of halogens is 4. The van der Waals surface area contributed by atoms with Crippen LogP contribution in [0.1, 0.15) is 0 Å². The molecular formula is C10H8B2Br4Fe-6. The van der Waals surface area contributed by atoms with E-state index in [1.807, 2.05) is 24.3 Å². The maximum Gasteiger partial charge on any atom is 0.266 e. The van der Waals surface area contributed by atoms with Gasteiger partial charge in [-0.3, -0.25) is 0 Å². The molecule has 0 aliphatic rings. The molecule has 0 nitrogen and oxygen atoms in total. The van der Waals surface area contributed by atoms with Crippen molar-refractivity contribution in [3.05, 3.63) is 48.5 Å². The van der Waals surface area contributed by atoms with Gasteiger partial charge in [0, 0.05) is 17.1 Å². The van der Waals surface area contributed by atoms with Gasteiger partial charge in [-0.2, -0.15) is 80.6 Å². The van der Waals surface area contributed by atoms with E-state index in [1.54, 1.807) is 0 Å². The molecule has 0 saturated carbocycles. The smallest absolute Gasteiger partial charge is 0.266 e. The van der Waals surface area contributed by atoms with Crippen molar-refractivity contribution in [3.8, 4) is 0 Å². The topological polar surface area (TPSA) is 0 Å². The first kappa shape index (κ1) is 18.3. The van der Waals surface area contributed by atoms with Gasteiger partial charge in [0.15, 0.2) is 0 Å². The maximum absolute atomic E-state index is 3.38. The van der Waals surface area contributed by atoms with Crippen LogP contribution in [0.2, 0.25) is 0 Å². The van der Waals surface area contributed by atoms with Gasteiger partial charge < -0.3 is 29.7 Å². The van der Waals surface area contributed by atoms with Crippen molar-refractivity contribution in [2.24, 2.45) is 0 Å². The summed E-state index contributed by atoms with van der Waals surface area (Å²) >= 11 is 13.5. The Labute approximate surface area is 147 Å². The van der Waals surface area contributed by atoms with Crippen LogP contribution < -0.4 is 10.9 Å². The van der Waals surface area contributed by atoms with E-state index < -0.39 is 0 Å². The van der Waals surface area contributed by atoms with Gasteiger partial charge in [0.05, 0.1) is 0 Å². The van der Waals surface area contributed by atoms with Crippen molar-refractivity contribution in [2.75, 3.05) is 0 Å². The van der Waals surface area contributed by atoms with E-state index in [0.29, 0.717) is 8.72 Å². The van der Waals surface area contributed by atoms with Crippen LogP contribution in [0, 0.1) is 0 Å². The standard InChI is InChI=1S/2C5H4BBr2.Fe/c2*7-6(8)5-3-1-2-4-5;/h2*1-4H;/q-5;-1;. The van der Waals surface area contributed by atoms with Crippen LogP contribution in [-0.4, -0.2) is 8.72 Å². The van der Waals surface area contributed by atoms with Gasteiger partial charge in [-0.25, -0.2) is 12.1 Å². The summed E-state index contributed by atoms with van der Waals surface area (Å²) in [5.74, 6) is 0. The predicted molar refractivity (Wildman–Crippen MR) is 90.6 cm³/mol. The quantitative estimate of drug-likeness (QED) is 0.414. The monoisotopic (exact) mass is 522 g/mol. The molecule has 2 rings (SSSR count). The first-order valence-corrected chi connectivity index (χ1v) is 8.27. The minimum absolute atomic E-state index is 0. The number of hydrogen-bond acceptors (Lipinski definition) is 0. The van der Waals surface area contributed by atoms with Crippen LogP contribution in [0.3, 0.4) is 0 Å². The van der Waals surface area contributed by atoms with E-state index in [1.165, 1.54) is 10.9 Å². The first-order chi connectivity index (χ1) is 7.61. The van der Waals surface area contributed by atoms with Crippen LogP contribution in [0.5, 0.6) is 0 Å². The molecule has 0 aliphatic carbocycles. The zero-order valence-electron chi connectivity index (χ0n) is 8.64. The van der Waals surface area contributed by atoms with Gasteiger partial charge in [-0.15, -0.1) is 0 Å². The van der Waals surface area contributed by atoms with E-state index in [0.717, 1.165) is 0 Å². The van der Waals surface area contributed by atoms with Crippen LogP contribution in [0.15, 0.2) is 48.5 Å². The maximum atomic E-state index is 3.38. The van der Waals surface area contributed by atoms with E-state index >= 15 is 0 Å². The van der Waals surface area contributed by atoms with Gasteiger partial charge >= 0.3 is 0 Å². The second-order valence-electron chi connectivity index (χ2n) is 3.04. The molecule has 0 bridgehead atoms. The van der Waals surface area contributed by atoms with Crippen molar-refractivity contribution in [1.82, 2.24) is 0 Å². The molecule has 0 spiro atoms. The second-order valence-corrected chi connectivity index (χ2v) is 9.16. The van der Waals surface area contributed by atoms with Crippen LogP contribution in [-0.2, 0) is 17.1 Å². The van der Waals surface area contributed by atoms with Gasteiger partial charge in [0.1, 0.15) is 4.36 Å². The third-order valence-electron chi connectivity index (χ3n) is 1.88. The number of rotatable bonds is 2. The summed E-state index contributed by atoms with van der Waals surface area (Å²) < 4.78 is 0.620. The fourth-order valence-corrected chi connectivity index (χ4v) is 2.29. The molecule has 0 aromatic heterocycles. The molecule has 2 aromatic rings. The molecule has 2 aromatic carbocycles. The fraction of sp³-hybridized carbons (Fsp3) is 0. The van der Waals surface area contributed by atoms with Crippen LogP contribution in [0.25, 0.3) is 0 Å². The minimum Gasteiger partial charge on any atom is -0.749 e. The van der Waals surface area contributed by atoms with Gasteiger partial charge in [0.2, 0.25) is 0 Å². The van der Waals surface area contributed by atoms with Gasteiger partial charge in [0.25, 0.3) is 4.36 Å². The summed E-state index contributed by atoms with van der Waals surface area (Å²) in [5.41, 5.74) is 2.54. The fourth-order valence-electron chi connectivity index (χ4n) is 1.07. The van der Waals surface area contributed by atoms with Crippen molar-refractivity contribution in [1.29, 1.82) is 0 Å². The molecule has 0 fully saturated rings. The average Bonchev–Trinajstić information content (AvgIpc) is 2.93. The Hall–Kier alpha value is 1.27. The van der Waals surface area contributed by atoms with Crippen molar-refractivity contribution >= 4 is 82.7 Å². The van der Waals surface area contributed by atoms with E-state index in [2.05, 4.69) is 87.3 Å². The Morgan fingerprint density at radius 2 is 1.29 bits per heavy atom. The summed E-state index contributed by atoms with van der Waals surface area (Å²) in [5, 5.41) is 0. The third-order valence-corrected chi connectivity index (χ3v) is 4.00. The predicted octanol–water partition coefficient (Wildman–Crippen LogP) is 3.78. The summed E-state index contributed by atoms with van der Waals surface area (Å²) in [6.07, 6.45) is 0.